The van der Waals surface area contributed by atoms with Crippen molar-refractivity contribution in [2.24, 2.45) is 5.41 Å². The van der Waals surface area contributed by atoms with Crippen molar-refractivity contribution in [3.05, 3.63) is 35.9 Å². The fraction of sp³-hybridized carbons (Fsp3) is 0.667. The predicted octanol–water partition coefficient (Wildman–Crippen LogP) is 2.24. The number of piperidine rings is 1. The lowest BCUT2D eigenvalue weighted by molar-refractivity contribution is -0.117. The molecule has 0 aromatic heterocycles. The molecule has 3 aliphatic heterocycles. The number of ether oxygens (including phenoxy) is 1. The van der Waals surface area contributed by atoms with Crippen LogP contribution < -0.4 is 5.32 Å². The van der Waals surface area contributed by atoms with Gasteiger partial charge >= 0.3 is 0 Å². The van der Waals surface area contributed by atoms with Gasteiger partial charge in [0.15, 0.2) is 0 Å². The Bertz CT molecular complexity index is 463. The molecule has 0 aliphatic carbocycles. The molecule has 1 atom stereocenters. The largest absolute Gasteiger partial charge is 0.381 e. The van der Waals surface area contributed by atoms with E-state index < -0.39 is 0 Å². The highest BCUT2D eigenvalue weighted by molar-refractivity contribution is 5.25. The first-order valence-electron chi connectivity index (χ1n) is 8.45. The average Bonchev–Trinajstić information content (AvgIpc) is 2.54. The lowest BCUT2D eigenvalue weighted by Crippen LogP contribution is -2.65. The third-order valence-electron chi connectivity index (χ3n) is 5.83. The molecule has 4 rings (SSSR count). The van der Waals surface area contributed by atoms with Gasteiger partial charge in [-0.3, -0.25) is 4.90 Å². The van der Waals surface area contributed by atoms with Crippen LogP contribution in [0, 0.1) is 5.41 Å². The minimum Gasteiger partial charge on any atom is -0.381 e. The molecule has 0 radical (unpaired) electrons. The van der Waals surface area contributed by atoms with E-state index >= 15 is 0 Å². The van der Waals surface area contributed by atoms with Crippen LogP contribution in [0.2, 0.25) is 0 Å². The Morgan fingerprint density at radius 1 is 1.10 bits per heavy atom. The summed E-state index contributed by atoms with van der Waals surface area (Å²) in [6, 6.07) is 11.8. The summed E-state index contributed by atoms with van der Waals surface area (Å²) in [5.74, 6) is 0.588. The van der Waals surface area contributed by atoms with Crippen LogP contribution in [0.3, 0.4) is 0 Å². The maximum Gasteiger partial charge on any atom is 0.0541 e. The molecule has 3 saturated heterocycles. The van der Waals surface area contributed by atoms with Crippen molar-refractivity contribution in [2.45, 2.75) is 31.2 Å². The number of hydrogen-bond acceptors (Lipinski definition) is 3. The van der Waals surface area contributed by atoms with Crippen molar-refractivity contribution in [2.75, 3.05) is 39.4 Å². The lowest BCUT2D eigenvalue weighted by atomic mass is 9.63. The fourth-order valence-electron chi connectivity index (χ4n) is 4.53. The molecule has 1 N–H and O–H groups in total. The summed E-state index contributed by atoms with van der Waals surface area (Å²) >= 11 is 0. The average molecular weight is 286 g/mol. The quantitative estimate of drug-likeness (QED) is 0.902. The van der Waals surface area contributed by atoms with Crippen LogP contribution in [0.1, 0.15) is 30.7 Å². The summed E-state index contributed by atoms with van der Waals surface area (Å²) in [6.07, 6.45) is 3.87. The second-order valence-electron chi connectivity index (χ2n) is 7.04. The molecule has 0 amide bonds. The van der Waals surface area contributed by atoms with Crippen LogP contribution in [0.5, 0.6) is 0 Å². The molecule has 0 bridgehead atoms. The van der Waals surface area contributed by atoms with Crippen LogP contribution in [-0.4, -0.2) is 50.3 Å². The molecule has 3 fully saturated rings. The Balaban J connectivity index is 1.48. The fourth-order valence-corrected chi connectivity index (χ4v) is 4.53. The van der Waals surface area contributed by atoms with E-state index in [4.69, 9.17) is 4.74 Å². The molecule has 1 aromatic rings. The monoisotopic (exact) mass is 286 g/mol. The number of rotatable bonds is 2. The summed E-state index contributed by atoms with van der Waals surface area (Å²) in [5, 5.41) is 3.48. The van der Waals surface area contributed by atoms with Gasteiger partial charge in [0.1, 0.15) is 0 Å². The van der Waals surface area contributed by atoms with Crippen LogP contribution in [0.15, 0.2) is 30.3 Å². The van der Waals surface area contributed by atoms with Crippen LogP contribution in [0.4, 0.5) is 0 Å². The van der Waals surface area contributed by atoms with Gasteiger partial charge in [-0.2, -0.15) is 0 Å². The van der Waals surface area contributed by atoms with Crippen molar-refractivity contribution < 1.29 is 4.74 Å². The standard InChI is InChI=1S/C18H26N2O/c1-2-4-15(5-3-1)17-12-21-11-8-18(17)13-20(14-18)16-6-9-19-10-7-16/h1-5,16-17,19H,6-14H2/t17-/m0/s1. The summed E-state index contributed by atoms with van der Waals surface area (Å²) in [5.41, 5.74) is 1.95. The van der Waals surface area contributed by atoms with Gasteiger partial charge < -0.3 is 10.1 Å². The molecule has 1 aromatic carbocycles. The molecular weight excluding hydrogens is 260 g/mol. The molecule has 3 nitrogen and oxygen atoms in total. The summed E-state index contributed by atoms with van der Waals surface area (Å²) in [7, 11) is 0. The Morgan fingerprint density at radius 2 is 1.86 bits per heavy atom. The molecule has 0 saturated carbocycles. The summed E-state index contributed by atoms with van der Waals surface area (Å²) in [4.78, 5) is 2.74. The van der Waals surface area contributed by atoms with E-state index in [0.29, 0.717) is 11.3 Å². The van der Waals surface area contributed by atoms with E-state index in [0.717, 1.165) is 19.3 Å². The molecule has 3 aliphatic rings. The van der Waals surface area contributed by atoms with Crippen LogP contribution >= 0.6 is 0 Å². The van der Waals surface area contributed by atoms with Crippen molar-refractivity contribution in [1.82, 2.24) is 10.2 Å². The van der Waals surface area contributed by atoms with Crippen molar-refractivity contribution >= 4 is 0 Å². The smallest absolute Gasteiger partial charge is 0.0541 e. The van der Waals surface area contributed by atoms with Crippen molar-refractivity contribution in [3.63, 3.8) is 0 Å². The topological polar surface area (TPSA) is 24.5 Å². The van der Waals surface area contributed by atoms with Gasteiger partial charge in [-0.05, 0) is 37.9 Å². The first-order chi connectivity index (χ1) is 10.4. The zero-order valence-corrected chi connectivity index (χ0v) is 12.8. The first kappa shape index (κ1) is 13.7. The summed E-state index contributed by atoms with van der Waals surface area (Å²) in [6.45, 7) is 6.80. The maximum absolute atomic E-state index is 5.82. The number of benzene rings is 1. The highest BCUT2D eigenvalue weighted by Gasteiger charge is 2.52. The van der Waals surface area contributed by atoms with Gasteiger partial charge in [-0.15, -0.1) is 0 Å². The Morgan fingerprint density at radius 3 is 2.62 bits per heavy atom. The second-order valence-corrected chi connectivity index (χ2v) is 7.04. The normalized spacial score (nSPS) is 30.2. The van der Waals surface area contributed by atoms with Crippen LogP contribution in [0.25, 0.3) is 0 Å². The molecule has 114 valence electrons. The number of hydrogen-bond donors (Lipinski definition) is 1. The van der Waals surface area contributed by atoms with Gasteiger partial charge in [-0.1, -0.05) is 30.3 Å². The minimum absolute atomic E-state index is 0.477. The molecule has 3 heterocycles. The minimum atomic E-state index is 0.477. The number of nitrogens with zero attached hydrogens (tertiary/aromatic N) is 1. The zero-order valence-electron chi connectivity index (χ0n) is 12.8. The van der Waals surface area contributed by atoms with E-state index in [1.165, 1.54) is 51.0 Å². The second kappa shape index (κ2) is 5.71. The third kappa shape index (κ3) is 2.52. The van der Waals surface area contributed by atoms with Gasteiger partial charge in [0, 0.05) is 37.1 Å². The Kier molecular flexibility index (Phi) is 3.74. The lowest BCUT2D eigenvalue weighted by Gasteiger charge is -2.59. The molecular formula is C18H26N2O. The van der Waals surface area contributed by atoms with E-state index in [1.807, 2.05) is 0 Å². The molecule has 3 heteroatoms. The van der Waals surface area contributed by atoms with Gasteiger partial charge in [0.25, 0.3) is 0 Å². The Labute approximate surface area is 127 Å². The third-order valence-corrected chi connectivity index (χ3v) is 5.83. The van der Waals surface area contributed by atoms with E-state index in [1.54, 1.807) is 0 Å². The number of likely N-dealkylation sites (tertiary alicyclic amines) is 1. The zero-order chi connectivity index (χ0) is 14.1. The van der Waals surface area contributed by atoms with Gasteiger partial charge in [0.2, 0.25) is 0 Å². The molecule has 1 spiro atoms. The summed E-state index contributed by atoms with van der Waals surface area (Å²) < 4.78 is 5.82. The number of nitrogens with one attached hydrogen (secondary N) is 1. The van der Waals surface area contributed by atoms with Crippen molar-refractivity contribution in [3.8, 4) is 0 Å². The molecule has 21 heavy (non-hydrogen) atoms. The van der Waals surface area contributed by atoms with E-state index in [9.17, 15) is 0 Å². The SMILES string of the molecule is c1ccc([C@@H]2COCCC23CN(C2CCNCC2)C3)cc1. The van der Waals surface area contributed by atoms with Gasteiger partial charge in [-0.25, -0.2) is 0 Å². The highest BCUT2D eigenvalue weighted by atomic mass is 16.5. The van der Waals surface area contributed by atoms with Crippen molar-refractivity contribution in [1.29, 1.82) is 0 Å². The first-order valence-corrected chi connectivity index (χ1v) is 8.45. The van der Waals surface area contributed by atoms with Gasteiger partial charge in [0.05, 0.1) is 6.61 Å². The molecule has 0 unspecified atom stereocenters. The van der Waals surface area contributed by atoms with E-state index in [2.05, 4.69) is 40.5 Å². The predicted molar refractivity (Wildman–Crippen MR) is 84.5 cm³/mol. The van der Waals surface area contributed by atoms with E-state index in [-0.39, 0.29) is 0 Å². The maximum atomic E-state index is 5.82. The van der Waals surface area contributed by atoms with Crippen LogP contribution in [-0.2, 0) is 4.74 Å². The Hall–Kier alpha value is -0.900. The highest BCUT2D eigenvalue weighted by Crippen LogP contribution is 2.49.